The quantitative estimate of drug-likeness (QED) is 0.502. The van der Waals surface area contributed by atoms with Crippen molar-refractivity contribution in [3.8, 4) is 0 Å². The number of hydrogen-bond acceptors (Lipinski definition) is 4. The van der Waals surface area contributed by atoms with Gasteiger partial charge in [0.15, 0.2) is 0 Å². The largest absolute Gasteiger partial charge is 0.405 e. The lowest BCUT2D eigenvalue weighted by molar-refractivity contribution is 0.0580. The summed E-state index contributed by atoms with van der Waals surface area (Å²) in [6.07, 6.45) is 4.12. The summed E-state index contributed by atoms with van der Waals surface area (Å²) in [4.78, 5) is 0. The molecule has 0 bridgehead atoms. The van der Waals surface area contributed by atoms with E-state index in [-0.39, 0.29) is 0 Å². The van der Waals surface area contributed by atoms with Crippen LogP contribution in [0.5, 0.6) is 0 Å². The van der Waals surface area contributed by atoms with E-state index in [1.165, 1.54) is 6.20 Å². The molecule has 0 radical (unpaired) electrons. The van der Waals surface area contributed by atoms with Crippen LogP contribution in [0.1, 0.15) is 6.42 Å². The maximum absolute atomic E-state index is 5.27. The zero-order valence-electron chi connectivity index (χ0n) is 7.37. The van der Waals surface area contributed by atoms with E-state index in [9.17, 15) is 0 Å². The minimum Gasteiger partial charge on any atom is -0.405 e. The van der Waals surface area contributed by atoms with Crippen LogP contribution in [0.4, 0.5) is 0 Å². The van der Waals surface area contributed by atoms with Gasteiger partial charge in [0.25, 0.3) is 0 Å². The average molecular weight is 174 g/mol. The fourth-order valence-corrected chi connectivity index (χ4v) is 0.612. The molecule has 0 aromatic rings. The molecule has 0 aliphatic carbocycles. The summed E-state index contributed by atoms with van der Waals surface area (Å²) in [5.41, 5.74) is 10.4. The lowest BCUT2D eigenvalue weighted by atomic mass is 10.5. The van der Waals surface area contributed by atoms with Gasteiger partial charge < -0.3 is 20.9 Å². The molecule has 0 heterocycles. The van der Waals surface area contributed by atoms with Gasteiger partial charge in [-0.3, -0.25) is 0 Å². The van der Waals surface area contributed by atoms with Crippen molar-refractivity contribution in [2.75, 3.05) is 33.0 Å². The second kappa shape index (κ2) is 10.4. The van der Waals surface area contributed by atoms with E-state index in [1.54, 1.807) is 6.08 Å². The van der Waals surface area contributed by atoms with E-state index in [2.05, 4.69) is 0 Å². The van der Waals surface area contributed by atoms with Crippen LogP contribution >= 0.6 is 0 Å². The Kier molecular flexibility index (Phi) is 9.92. The summed E-state index contributed by atoms with van der Waals surface area (Å²) in [6, 6.07) is 0. The van der Waals surface area contributed by atoms with Crippen LogP contribution in [0.25, 0.3) is 0 Å². The molecule has 0 aromatic heterocycles. The predicted octanol–water partition coefficient (Wildman–Crippen LogP) is -0.159. The highest BCUT2D eigenvalue weighted by Crippen LogP contribution is 1.81. The minimum atomic E-state index is 0.552. The Balaban J connectivity index is 2.81. The minimum absolute atomic E-state index is 0.552. The highest BCUT2D eigenvalue weighted by molar-refractivity contribution is 4.74. The molecule has 0 fully saturated rings. The first-order valence-electron chi connectivity index (χ1n) is 4.14. The molecule has 12 heavy (non-hydrogen) atoms. The smallest absolute Gasteiger partial charge is 0.0704 e. The summed E-state index contributed by atoms with van der Waals surface area (Å²) >= 11 is 0. The molecule has 0 atom stereocenters. The maximum Gasteiger partial charge on any atom is 0.0704 e. The van der Waals surface area contributed by atoms with Crippen LogP contribution in [0, 0.1) is 0 Å². The van der Waals surface area contributed by atoms with Crippen molar-refractivity contribution in [2.45, 2.75) is 6.42 Å². The Labute approximate surface area is 73.5 Å². The van der Waals surface area contributed by atoms with E-state index in [4.69, 9.17) is 20.9 Å². The van der Waals surface area contributed by atoms with Gasteiger partial charge in [-0.25, -0.2) is 0 Å². The number of nitrogens with two attached hydrogens (primary N) is 2. The van der Waals surface area contributed by atoms with Gasteiger partial charge in [0.2, 0.25) is 0 Å². The lowest BCUT2D eigenvalue weighted by Gasteiger charge is -2.02. The van der Waals surface area contributed by atoms with E-state index in [1.807, 2.05) is 0 Å². The number of ether oxygens (including phenoxy) is 2. The second-order valence-electron chi connectivity index (χ2n) is 2.26. The van der Waals surface area contributed by atoms with Gasteiger partial charge in [0.1, 0.15) is 0 Å². The Bertz CT molecular complexity index is 107. The van der Waals surface area contributed by atoms with Crippen LogP contribution in [-0.2, 0) is 9.47 Å². The van der Waals surface area contributed by atoms with Crippen molar-refractivity contribution < 1.29 is 9.47 Å². The monoisotopic (exact) mass is 174 g/mol. The highest BCUT2D eigenvalue weighted by Gasteiger charge is 1.87. The number of hydrogen-bond donors (Lipinski definition) is 2. The second-order valence-corrected chi connectivity index (χ2v) is 2.26. The molecule has 0 amide bonds. The third kappa shape index (κ3) is 9.42. The van der Waals surface area contributed by atoms with Gasteiger partial charge in [-0.1, -0.05) is 0 Å². The molecule has 4 heteroatoms. The van der Waals surface area contributed by atoms with Crippen molar-refractivity contribution in [1.82, 2.24) is 0 Å². The molecule has 0 aromatic carbocycles. The molecule has 4 N–H and O–H groups in total. The fraction of sp³-hybridized carbons (Fsp3) is 0.750. The Morgan fingerprint density at radius 3 is 2.50 bits per heavy atom. The molecule has 0 saturated heterocycles. The topological polar surface area (TPSA) is 70.5 Å². The van der Waals surface area contributed by atoms with Crippen LogP contribution in [0.2, 0.25) is 0 Å². The first-order valence-corrected chi connectivity index (χ1v) is 4.14. The molecule has 72 valence electrons. The Morgan fingerprint density at radius 2 is 1.83 bits per heavy atom. The zero-order chi connectivity index (χ0) is 9.07. The van der Waals surface area contributed by atoms with Crippen molar-refractivity contribution in [3.63, 3.8) is 0 Å². The van der Waals surface area contributed by atoms with E-state index in [0.717, 1.165) is 6.42 Å². The fourth-order valence-electron chi connectivity index (χ4n) is 0.612. The van der Waals surface area contributed by atoms with Gasteiger partial charge in [-0.15, -0.1) is 0 Å². The molecule has 0 saturated carbocycles. The van der Waals surface area contributed by atoms with Crippen molar-refractivity contribution >= 4 is 0 Å². The summed E-state index contributed by atoms with van der Waals surface area (Å²) in [6.45, 7) is 3.17. The molecule has 0 spiro atoms. The van der Waals surface area contributed by atoms with E-state index < -0.39 is 0 Å². The normalized spacial score (nSPS) is 11.1. The molecule has 0 aliphatic heterocycles. The van der Waals surface area contributed by atoms with Crippen molar-refractivity contribution in [2.24, 2.45) is 11.5 Å². The molecule has 0 unspecified atom stereocenters. The molecule has 4 nitrogen and oxygen atoms in total. The summed E-state index contributed by atoms with van der Waals surface area (Å²) in [5, 5.41) is 0. The van der Waals surface area contributed by atoms with Crippen molar-refractivity contribution in [3.05, 3.63) is 12.3 Å². The van der Waals surface area contributed by atoms with Crippen LogP contribution < -0.4 is 11.5 Å². The summed E-state index contributed by atoms with van der Waals surface area (Å²) in [5.74, 6) is 0. The molecular formula is C8H18N2O2. The molecular weight excluding hydrogens is 156 g/mol. The van der Waals surface area contributed by atoms with Crippen molar-refractivity contribution in [1.29, 1.82) is 0 Å². The SMILES string of the molecule is NC=CCOCCOCCCN. The van der Waals surface area contributed by atoms with Crippen LogP contribution in [0.3, 0.4) is 0 Å². The van der Waals surface area contributed by atoms with Crippen LogP contribution in [0.15, 0.2) is 12.3 Å². The molecule has 0 aliphatic rings. The summed E-state index contributed by atoms with van der Waals surface area (Å²) < 4.78 is 10.3. The van der Waals surface area contributed by atoms with Gasteiger partial charge in [-0.05, 0) is 25.2 Å². The van der Waals surface area contributed by atoms with Gasteiger partial charge in [-0.2, -0.15) is 0 Å². The van der Waals surface area contributed by atoms with E-state index in [0.29, 0.717) is 33.0 Å². The standard InChI is InChI=1S/C8H18N2O2/c9-3-1-5-11-7-8-12-6-2-4-10/h1,3H,2,4-10H2. The summed E-state index contributed by atoms with van der Waals surface area (Å²) in [7, 11) is 0. The number of rotatable bonds is 8. The third-order valence-electron chi connectivity index (χ3n) is 1.21. The Hall–Kier alpha value is -0.580. The first-order chi connectivity index (χ1) is 5.91. The average Bonchev–Trinajstić information content (AvgIpc) is 2.10. The zero-order valence-corrected chi connectivity index (χ0v) is 7.37. The van der Waals surface area contributed by atoms with E-state index >= 15 is 0 Å². The molecule has 0 rings (SSSR count). The lowest BCUT2D eigenvalue weighted by Crippen LogP contribution is -2.08. The van der Waals surface area contributed by atoms with Crippen LogP contribution in [-0.4, -0.2) is 33.0 Å². The predicted molar refractivity (Wildman–Crippen MR) is 48.6 cm³/mol. The van der Waals surface area contributed by atoms with Gasteiger partial charge in [0, 0.05) is 6.61 Å². The van der Waals surface area contributed by atoms with Gasteiger partial charge in [0.05, 0.1) is 19.8 Å². The maximum atomic E-state index is 5.27. The van der Waals surface area contributed by atoms with Gasteiger partial charge >= 0.3 is 0 Å². The third-order valence-corrected chi connectivity index (χ3v) is 1.21. The first kappa shape index (κ1) is 11.4. The Morgan fingerprint density at radius 1 is 1.08 bits per heavy atom. The highest BCUT2D eigenvalue weighted by atomic mass is 16.5.